The Morgan fingerprint density at radius 3 is 2.47 bits per heavy atom. The van der Waals surface area contributed by atoms with Gasteiger partial charge in [-0.2, -0.15) is 0 Å². The van der Waals surface area contributed by atoms with Gasteiger partial charge < -0.3 is 15.2 Å². The third kappa shape index (κ3) is 4.74. The van der Waals surface area contributed by atoms with Gasteiger partial charge in [0.15, 0.2) is 11.5 Å². The fourth-order valence-corrected chi connectivity index (χ4v) is 5.14. The van der Waals surface area contributed by atoms with Crippen LogP contribution in [0.1, 0.15) is 40.8 Å². The lowest BCUT2D eigenvalue weighted by Crippen LogP contribution is -2.44. The van der Waals surface area contributed by atoms with Gasteiger partial charge in [0, 0.05) is 23.2 Å². The molecule has 1 amide bonds. The minimum absolute atomic E-state index is 0.211. The lowest BCUT2D eigenvalue weighted by atomic mass is 9.86. The van der Waals surface area contributed by atoms with E-state index in [4.69, 9.17) is 26.8 Å². The normalized spacial score (nSPS) is 16.5. The zero-order valence-electron chi connectivity index (χ0n) is 19.3. The van der Waals surface area contributed by atoms with Gasteiger partial charge in [-0.05, 0) is 60.2 Å². The van der Waals surface area contributed by atoms with E-state index in [1.807, 2.05) is 42.5 Å². The maximum absolute atomic E-state index is 14.6. The van der Waals surface area contributed by atoms with E-state index in [-0.39, 0.29) is 11.9 Å². The van der Waals surface area contributed by atoms with Gasteiger partial charge >= 0.3 is 0 Å². The highest BCUT2D eigenvalue weighted by molar-refractivity contribution is 6.31. The smallest absolute Gasteiger partial charge is 0.239 e. The SMILES string of the molecule is COc1cc2c(cc1OC)[C@H](CCc1c(F)cccc1Cl)N([C@@H](C(N)=O)c1ccccc1)CC2. The second-order valence-electron chi connectivity index (χ2n) is 8.36. The van der Waals surface area contributed by atoms with E-state index in [2.05, 4.69) is 4.90 Å². The number of rotatable bonds is 8. The van der Waals surface area contributed by atoms with Crippen molar-refractivity contribution in [1.29, 1.82) is 0 Å². The van der Waals surface area contributed by atoms with Crippen LogP contribution in [-0.2, 0) is 17.6 Å². The predicted octanol–water partition coefficient (Wildman–Crippen LogP) is 5.25. The van der Waals surface area contributed by atoms with Crippen molar-refractivity contribution in [3.05, 3.63) is 93.8 Å². The molecule has 0 saturated carbocycles. The van der Waals surface area contributed by atoms with Crippen molar-refractivity contribution in [2.24, 2.45) is 5.73 Å². The molecule has 7 heteroatoms. The first-order chi connectivity index (χ1) is 16.4. The number of primary amides is 1. The van der Waals surface area contributed by atoms with Crippen LogP contribution in [0.4, 0.5) is 4.39 Å². The number of hydrogen-bond donors (Lipinski definition) is 1. The third-order valence-corrected chi connectivity index (χ3v) is 6.84. The van der Waals surface area contributed by atoms with Gasteiger partial charge in [0.05, 0.1) is 14.2 Å². The fraction of sp³-hybridized carbons (Fsp3) is 0.296. The third-order valence-electron chi connectivity index (χ3n) is 6.49. The lowest BCUT2D eigenvalue weighted by Gasteiger charge is -2.41. The zero-order chi connectivity index (χ0) is 24.2. The first-order valence-electron chi connectivity index (χ1n) is 11.2. The average molecular weight is 483 g/mol. The molecule has 0 aromatic heterocycles. The quantitative estimate of drug-likeness (QED) is 0.476. The van der Waals surface area contributed by atoms with Crippen molar-refractivity contribution in [2.75, 3.05) is 20.8 Å². The van der Waals surface area contributed by atoms with Crippen molar-refractivity contribution in [3.63, 3.8) is 0 Å². The van der Waals surface area contributed by atoms with Crippen molar-refractivity contribution in [1.82, 2.24) is 4.90 Å². The molecule has 1 aliphatic heterocycles. The summed E-state index contributed by atoms with van der Waals surface area (Å²) in [5.74, 6) is 0.494. The standard InChI is InChI=1S/C27H28ClFN2O3/c1-33-24-15-18-13-14-31(26(27(30)32)17-7-4-3-5-8-17)23(20(18)16-25(24)34-2)12-11-19-21(28)9-6-10-22(19)29/h3-10,15-16,23,26H,11-14H2,1-2H3,(H2,30,32)/t23-,26+/m0/s1. The zero-order valence-corrected chi connectivity index (χ0v) is 20.0. The molecule has 5 nitrogen and oxygen atoms in total. The minimum Gasteiger partial charge on any atom is -0.493 e. The molecule has 34 heavy (non-hydrogen) atoms. The Morgan fingerprint density at radius 1 is 1.12 bits per heavy atom. The second kappa shape index (κ2) is 10.5. The summed E-state index contributed by atoms with van der Waals surface area (Å²) in [6, 6.07) is 17.3. The topological polar surface area (TPSA) is 64.8 Å². The van der Waals surface area contributed by atoms with Crippen LogP contribution in [0, 0.1) is 5.82 Å². The van der Waals surface area contributed by atoms with Crippen LogP contribution in [0.15, 0.2) is 60.7 Å². The molecule has 0 unspecified atom stereocenters. The van der Waals surface area contributed by atoms with Crippen LogP contribution in [0.2, 0.25) is 5.02 Å². The van der Waals surface area contributed by atoms with E-state index >= 15 is 0 Å². The molecule has 3 aromatic rings. The summed E-state index contributed by atoms with van der Waals surface area (Å²) in [4.78, 5) is 14.8. The number of benzene rings is 3. The van der Waals surface area contributed by atoms with Gasteiger partial charge in [0.25, 0.3) is 0 Å². The highest BCUT2D eigenvalue weighted by Crippen LogP contribution is 2.43. The first-order valence-corrected chi connectivity index (χ1v) is 11.6. The van der Waals surface area contributed by atoms with Gasteiger partial charge in [-0.25, -0.2) is 4.39 Å². The molecular weight excluding hydrogens is 455 g/mol. The van der Waals surface area contributed by atoms with Crippen molar-refractivity contribution in [2.45, 2.75) is 31.3 Å². The summed E-state index contributed by atoms with van der Waals surface area (Å²) in [5, 5.41) is 0.393. The van der Waals surface area contributed by atoms with Crippen LogP contribution in [0.3, 0.4) is 0 Å². The number of carbonyl (C=O) groups is 1. The van der Waals surface area contributed by atoms with Crippen LogP contribution < -0.4 is 15.2 Å². The van der Waals surface area contributed by atoms with Gasteiger partial charge in [0.1, 0.15) is 11.9 Å². The average Bonchev–Trinajstić information content (AvgIpc) is 2.84. The molecule has 2 atom stereocenters. The monoisotopic (exact) mass is 482 g/mol. The Labute approximate surface area is 204 Å². The molecule has 0 aliphatic carbocycles. The number of nitrogens with zero attached hydrogens (tertiary/aromatic N) is 1. The van der Waals surface area contributed by atoms with Crippen molar-refractivity contribution >= 4 is 17.5 Å². The van der Waals surface area contributed by atoms with Crippen LogP contribution in [0.5, 0.6) is 11.5 Å². The maximum Gasteiger partial charge on any atom is 0.239 e. The van der Waals surface area contributed by atoms with Crippen LogP contribution in [0.25, 0.3) is 0 Å². The van der Waals surface area contributed by atoms with Crippen molar-refractivity contribution in [3.8, 4) is 11.5 Å². The minimum atomic E-state index is -0.622. The summed E-state index contributed by atoms with van der Waals surface area (Å²) in [6.45, 7) is 0.612. The fourth-order valence-electron chi connectivity index (χ4n) is 4.88. The number of carbonyl (C=O) groups excluding carboxylic acids is 1. The van der Waals surface area contributed by atoms with Crippen LogP contribution >= 0.6 is 11.6 Å². The first kappa shape index (κ1) is 24.0. The number of halogens is 2. The Kier molecular flexibility index (Phi) is 7.39. The molecule has 0 radical (unpaired) electrons. The molecule has 0 bridgehead atoms. The van der Waals surface area contributed by atoms with Gasteiger partial charge in [-0.3, -0.25) is 9.69 Å². The Hall–Kier alpha value is -3.09. The summed E-state index contributed by atoms with van der Waals surface area (Å²) in [6.07, 6.45) is 1.66. The number of fused-ring (bicyclic) bond motifs is 1. The Bertz CT molecular complexity index is 1150. The lowest BCUT2D eigenvalue weighted by molar-refractivity contribution is -0.124. The summed E-state index contributed by atoms with van der Waals surface area (Å²) < 4.78 is 25.6. The summed E-state index contributed by atoms with van der Waals surface area (Å²) in [7, 11) is 3.20. The van der Waals surface area contributed by atoms with Crippen molar-refractivity contribution < 1.29 is 18.7 Å². The highest BCUT2D eigenvalue weighted by atomic mass is 35.5. The Balaban J connectivity index is 1.78. The number of methoxy groups -OCH3 is 2. The molecule has 3 aromatic carbocycles. The van der Waals surface area contributed by atoms with E-state index in [1.54, 1.807) is 26.4 Å². The van der Waals surface area contributed by atoms with Gasteiger partial charge in [-0.15, -0.1) is 0 Å². The highest BCUT2D eigenvalue weighted by Gasteiger charge is 2.36. The molecular formula is C27H28ClFN2O3. The molecule has 178 valence electrons. The van der Waals surface area contributed by atoms with E-state index in [0.717, 1.165) is 16.7 Å². The number of hydrogen-bond acceptors (Lipinski definition) is 4. The van der Waals surface area contributed by atoms with E-state index in [1.165, 1.54) is 6.07 Å². The molecule has 0 spiro atoms. The number of nitrogens with two attached hydrogens (primary N) is 1. The number of ether oxygens (including phenoxy) is 2. The molecule has 1 aliphatic rings. The summed E-state index contributed by atoms with van der Waals surface area (Å²) >= 11 is 6.32. The van der Waals surface area contributed by atoms with Gasteiger partial charge in [0.2, 0.25) is 5.91 Å². The second-order valence-corrected chi connectivity index (χ2v) is 8.77. The predicted molar refractivity (Wildman–Crippen MR) is 131 cm³/mol. The Morgan fingerprint density at radius 2 is 1.82 bits per heavy atom. The molecule has 1 heterocycles. The van der Waals surface area contributed by atoms with Gasteiger partial charge in [-0.1, -0.05) is 48.0 Å². The number of amides is 1. The molecule has 0 saturated heterocycles. The van der Waals surface area contributed by atoms with E-state index < -0.39 is 11.9 Å². The van der Waals surface area contributed by atoms with E-state index in [9.17, 15) is 9.18 Å². The molecule has 0 fully saturated rings. The molecule has 4 rings (SSSR count). The largest absolute Gasteiger partial charge is 0.493 e. The molecule has 2 N–H and O–H groups in total. The van der Waals surface area contributed by atoms with Crippen LogP contribution in [-0.4, -0.2) is 31.6 Å². The van der Waals surface area contributed by atoms with E-state index in [0.29, 0.717) is 47.9 Å². The maximum atomic E-state index is 14.6. The summed E-state index contributed by atoms with van der Waals surface area (Å²) in [5.41, 5.74) is 9.34.